The van der Waals surface area contributed by atoms with Crippen LogP contribution in [-0.2, 0) is 0 Å². The van der Waals surface area contributed by atoms with Gasteiger partial charge in [0.15, 0.2) is 0 Å². The Balaban J connectivity index is 1.55. The lowest BCUT2D eigenvalue weighted by molar-refractivity contribution is 0.0952. The first kappa shape index (κ1) is 20.6. The van der Waals surface area contributed by atoms with Crippen molar-refractivity contribution in [2.75, 3.05) is 19.6 Å². The first-order chi connectivity index (χ1) is 13.0. The Morgan fingerprint density at radius 2 is 2.15 bits per heavy atom. The highest BCUT2D eigenvalue weighted by atomic mass is 35.5. The number of aromatic nitrogens is 1. The monoisotopic (exact) mass is 425 g/mol. The van der Waals surface area contributed by atoms with E-state index in [1.807, 2.05) is 13.0 Å². The standard InChI is InChI=1S/C20H25Cl2N3OS/c1-13-6-3-4-10-25(13)11-5-9-23-19(26)18-14(2)24-20(27-18)15-7-8-16(21)17(22)12-15/h7-8,12-13H,3-6,9-11H2,1-2H3,(H,23,26). The molecule has 0 saturated carbocycles. The van der Waals surface area contributed by atoms with Crippen LogP contribution >= 0.6 is 34.5 Å². The van der Waals surface area contributed by atoms with E-state index in [-0.39, 0.29) is 5.91 Å². The molecule has 1 aliphatic heterocycles. The molecule has 3 rings (SSSR count). The van der Waals surface area contributed by atoms with Gasteiger partial charge in [-0.3, -0.25) is 4.79 Å². The largest absolute Gasteiger partial charge is 0.351 e. The Morgan fingerprint density at radius 1 is 1.33 bits per heavy atom. The smallest absolute Gasteiger partial charge is 0.263 e. The number of nitrogens with one attached hydrogen (secondary N) is 1. The summed E-state index contributed by atoms with van der Waals surface area (Å²) in [5.41, 5.74) is 1.61. The highest BCUT2D eigenvalue weighted by molar-refractivity contribution is 7.17. The first-order valence-electron chi connectivity index (χ1n) is 9.41. The second-order valence-corrected chi connectivity index (χ2v) is 8.87. The van der Waals surface area contributed by atoms with Gasteiger partial charge in [0.25, 0.3) is 5.91 Å². The summed E-state index contributed by atoms with van der Waals surface area (Å²) in [6.45, 7) is 7.06. The molecule has 146 valence electrons. The molecule has 1 N–H and O–H groups in total. The van der Waals surface area contributed by atoms with E-state index in [2.05, 4.69) is 22.1 Å². The summed E-state index contributed by atoms with van der Waals surface area (Å²) in [5.74, 6) is -0.0528. The molecule has 1 unspecified atom stereocenters. The van der Waals surface area contributed by atoms with Gasteiger partial charge in [-0.1, -0.05) is 35.7 Å². The highest BCUT2D eigenvalue weighted by Gasteiger charge is 2.19. The van der Waals surface area contributed by atoms with Crippen molar-refractivity contribution in [2.45, 2.75) is 45.6 Å². The van der Waals surface area contributed by atoms with Crippen molar-refractivity contribution < 1.29 is 4.79 Å². The van der Waals surface area contributed by atoms with Crippen molar-refractivity contribution in [3.05, 3.63) is 38.8 Å². The number of piperidine rings is 1. The second-order valence-electron chi connectivity index (χ2n) is 7.05. The second kappa shape index (κ2) is 9.37. The molecule has 27 heavy (non-hydrogen) atoms. The van der Waals surface area contributed by atoms with Gasteiger partial charge in [0, 0.05) is 24.7 Å². The number of halogens is 2. The van der Waals surface area contributed by atoms with Gasteiger partial charge < -0.3 is 10.2 Å². The summed E-state index contributed by atoms with van der Waals surface area (Å²) in [6, 6.07) is 6.06. The van der Waals surface area contributed by atoms with Gasteiger partial charge in [0.1, 0.15) is 9.88 Å². The normalized spacial score (nSPS) is 17.9. The molecule has 1 aromatic carbocycles. The van der Waals surface area contributed by atoms with Crippen LogP contribution in [0.2, 0.25) is 10.0 Å². The Hall–Kier alpha value is -1.14. The summed E-state index contributed by atoms with van der Waals surface area (Å²) in [4.78, 5) is 20.3. The minimum absolute atomic E-state index is 0.0528. The lowest BCUT2D eigenvalue weighted by Gasteiger charge is -2.33. The van der Waals surface area contributed by atoms with Crippen molar-refractivity contribution in [3.8, 4) is 10.6 Å². The van der Waals surface area contributed by atoms with E-state index >= 15 is 0 Å². The van der Waals surface area contributed by atoms with Crippen LogP contribution in [0.15, 0.2) is 18.2 Å². The van der Waals surface area contributed by atoms with E-state index in [4.69, 9.17) is 23.2 Å². The average Bonchev–Trinajstić information content (AvgIpc) is 3.04. The van der Waals surface area contributed by atoms with Crippen LogP contribution in [-0.4, -0.2) is 41.5 Å². The number of aryl methyl sites for hydroxylation is 1. The van der Waals surface area contributed by atoms with Crippen molar-refractivity contribution in [1.29, 1.82) is 0 Å². The molecule has 2 heterocycles. The quantitative estimate of drug-likeness (QED) is 0.628. The summed E-state index contributed by atoms with van der Waals surface area (Å²) in [7, 11) is 0. The maximum Gasteiger partial charge on any atom is 0.263 e. The number of rotatable bonds is 6. The van der Waals surface area contributed by atoms with Crippen molar-refractivity contribution in [3.63, 3.8) is 0 Å². The van der Waals surface area contributed by atoms with Crippen LogP contribution in [0.5, 0.6) is 0 Å². The van der Waals surface area contributed by atoms with Gasteiger partial charge in [0.2, 0.25) is 0 Å². The number of benzene rings is 1. The maximum absolute atomic E-state index is 12.5. The molecule has 1 saturated heterocycles. The summed E-state index contributed by atoms with van der Waals surface area (Å²) < 4.78 is 0. The van der Waals surface area contributed by atoms with Crippen molar-refractivity contribution >= 4 is 40.4 Å². The van der Waals surface area contributed by atoms with Crippen LogP contribution in [0.25, 0.3) is 10.6 Å². The highest BCUT2D eigenvalue weighted by Crippen LogP contribution is 2.32. The van der Waals surface area contributed by atoms with Gasteiger partial charge in [-0.2, -0.15) is 0 Å². The predicted octanol–water partition coefficient (Wildman–Crippen LogP) is 5.42. The van der Waals surface area contributed by atoms with Gasteiger partial charge in [0.05, 0.1) is 15.7 Å². The number of carbonyl (C=O) groups excluding carboxylic acids is 1. The number of nitrogens with zero attached hydrogens (tertiary/aromatic N) is 2. The molecule has 0 spiro atoms. The fourth-order valence-corrected chi connectivity index (χ4v) is 4.69. The van der Waals surface area contributed by atoms with Crippen LogP contribution in [0.3, 0.4) is 0 Å². The number of hydrogen-bond donors (Lipinski definition) is 1. The van der Waals surface area contributed by atoms with Crippen LogP contribution in [0.1, 0.15) is 48.0 Å². The molecular weight excluding hydrogens is 401 g/mol. The average molecular weight is 426 g/mol. The van der Waals surface area contributed by atoms with E-state index in [0.29, 0.717) is 27.5 Å². The Bertz CT molecular complexity index is 809. The van der Waals surface area contributed by atoms with Crippen molar-refractivity contribution in [2.24, 2.45) is 0 Å². The number of hydrogen-bond acceptors (Lipinski definition) is 4. The molecule has 0 aliphatic carbocycles. The molecule has 0 radical (unpaired) electrons. The molecule has 7 heteroatoms. The summed E-state index contributed by atoms with van der Waals surface area (Å²) >= 11 is 13.5. The first-order valence-corrected chi connectivity index (χ1v) is 11.0. The minimum atomic E-state index is -0.0528. The number of likely N-dealkylation sites (tertiary alicyclic amines) is 1. The Labute approximate surface area is 174 Å². The zero-order valence-corrected chi connectivity index (χ0v) is 18.1. The van der Waals surface area contributed by atoms with Gasteiger partial charge in [-0.05, 0) is 51.8 Å². The van der Waals surface area contributed by atoms with Gasteiger partial charge in [-0.15, -0.1) is 11.3 Å². The SMILES string of the molecule is Cc1nc(-c2ccc(Cl)c(Cl)c2)sc1C(=O)NCCCN1CCCCC1C. The molecule has 1 atom stereocenters. The molecular formula is C20H25Cl2N3OS. The molecule has 1 fully saturated rings. The number of carbonyl (C=O) groups is 1. The zero-order chi connectivity index (χ0) is 19.4. The van der Waals surface area contributed by atoms with Crippen LogP contribution < -0.4 is 5.32 Å². The predicted molar refractivity (Wildman–Crippen MR) is 114 cm³/mol. The number of amides is 1. The Kier molecular flexibility index (Phi) is 7.15. The fourth-order valence-electron chi connectivity index (χ4n) is 3.41. The molecule has 0 bridgehead atoms. The van der Waals surface area contributed by atoms with E-state index in [1.165, 1.54) is 37.1 Å². The van der Waals surface area contributed by atoms with E-state index in [1.54, 1.807) is 12.1 Å². The zero-order valence-electron chi connectivity index (χ0n) is 15.7. The third-order valence-electron chi connectivity index (χ3n) is 5.02. The molecule has 1 aromatic heterocycles. The van der Waals surface area contributed by atoms with E-state index in [0.717, 1.165) is 29.2 Å². The molecule has 4 nitrogen and oxygen atoms in total. The third-order valence-corrected chi connectivity index (χ3v) is 6.96. The lowest BCUT2D eigenvalue weighted by atomic mass is 10.0. The van der Waals surface area contributed by atoms with E-state index < -0.39 is 0 Å². The van der Waals surface area contributed by atoms with E-state index in [9.17, 15) is 4.79 Å². The fraction of sp³-hybridized carbons (Fsp3) is 0.500. The van der Waals surface area contributed by atoms with Gasteiger partial charge in [-0.25, -0.2) is 4.98 Å². The van der Waals surface area contributed by atoms with Crippen LogP contribution in [0.4, 0.5) is 0 Å². The van der Waals surface area contributed by atoms with Crippen LogP contribution in [0, 0.1) is 6.92 Å². The number of thiazole rings is 1. The van der Waals surface area contributed by atoms with Crippen molar-refractivity contribution in [1.82, 2.24) is 15.2 Å². The topological polar surface area (TPSA) is 45.2 Å². The Morgan fingerprint density at radius 3 is 2.89 bits per heavy atom. The third kappa shape index (κ3) is 5.23. The molecule has 1 amide bonds. The summed E-state index contributed by atoms with van der Waals surface area (Å²) in [5, 5.41) is 4.81. The maximum atomic E-state index is 12.5. The lowest BCUT2D eigenvalue weighted by Crippen LogP contribution is -2.39. The molecule has 1 aliphatic rings. The summed E-state index contributed by atoms with van der Waals surface area (Å²) in [6.07, 6.45) is 4.87. The minimum Gasteiger partial charge on any atom is -0.351 e. The molecule has 2 aromatic rings. The van der Waals surface area contributed by atoms with Gasteiger partial charge >= 0.3 is 0 Å².